The zero-order chi connectivity index (χ0) is 18.3. The van der Waals surface area contributed by atoms with E-state index in [0.717, 1.165) is 44.3 Å². The first-order chi connectivity index (χ1) is 12.3. The second-order valence-corrected chi connectivity index (χ2v) is 9.76. The third kappa shape index (κ3) is 1.81. The molecule has 140 valence electrons. The van der Waals surface area contributed by atoms with Gasteiger partial charge in [0.15, 0.2) is 0 Å². The van der Waals surface area contributed by atoms with Crippen molar-refractivity contribution in [2.75, 3.05) is 7.11 Å². The van der Waals surface area contributed by atoms with Crippen LogP contribution in [-0.4, -0.2) is 23.6 Å². The fourth-order valence-corrected chi connectivity index (χ4v) is 7.75. The predicted octanol–water partition coefficient (Wildman–Crippen LogP) is 4.26. The van der Waals surface area contributed by atoms with Crippen molar-refractivity contribution in [1.29, 1.82) is 0 Å². The van der Waals surface area contributed by atoms with Crippen molar-refractivity contribution in [2.45, 2.75) is 70.3 Å². The fraction of sp³-hybridized carbons (Fsp3) is 0.696. The van der Waals surface area contributed by atoms with E-state index < -0.39 is 5.60 Å². The number of ketones is 1. The predicted molar refractivity (Wildman–Crippen MR) is 100 cm³/mol. The molecule has 3 saturated carbocycles. The standard InChI is InChI=1S/C23H30O3/c1-21-9-8-17-16-6-5-15(26-3)12-14(16)4-7-18(17)23(21)11-10-22(2,25)19(23)13-20(21)24/h5-6,12,17-19,25H,4,7-11,13H2,1-3H3/t17-,18-,19+,21-,22+,23+/m1/s1. The number of carbonyl (C=O) groups excluding carboxylic acids is 1. The summed E-state index contributed by atoms with van der Waals surface area (Å²) >= 11 is 0. The maximum Gasteiger partial charge on any atom is 0.139 e. The molecule has 3 fully saturated rings. The van der Waals surface area contributed by atoms with Gasteiger partial charge in [-0.1, -0.05) is 13.0 Å². The molecule has 0 radical (unpaired) electrons. The summed E-state index contributed by atoms with van der Waals surface area (Å²) in [5, 5.41) is 11.1. The van der Waals surface area contributed by atoms with Gasteiger partial charge in [0, 0.05) is 17.8 Å². The third-order valence-corrected chi connectivity index (χ3v) is 9.03. The average molecular weight is 354 g/mol. The Kier molecular flexibility index (Phi) is 3.31. The fourth-order valence-electron chi connectivity index (χ4n) is 7.75. The quantitative estimate of drug-likeness (QED) is 0.819. The lowest BCUT2D eigenvalue weighted by Crippen LogP contribution is -2.53. The molecule has 6 atom stereocenters. The number of aliphatic hydroxyl groups is 1. The minimum Gasteiger partial charge on any atom is -0.497 e. The molecule has 0 amide bonds. The molecule has 0 aliphatic heterocycles. The lowest BCUT2D eigenvalue weighted by molar-refractivity contribution is -0.138. The summed E-state index contributed by atoms with van der Waals surface area (Å²) in [4.78, 5) is 13.1. The summed E-state index contributed by atoms with van der Waals surface area (Å²) in [6.45, 7) is 4.22. The van der Waals surface area contributed by atoms with E-state index in [0.29, 0.717) is 24.0 Å². The van der Waals surface area contributed by atoms with Crippen molar-refractivity contribution in [3.63, 3.8) is 0 Å². The first kappa shape index (κ1) is 16.8. The van der Waals surface area contributed by atoms with E-state index in [1.165, 1.54) is 11.1 Å². The van der Waals surface area contributed by atoms with E-state index in [1.54, 1.807) is 7.11 Å². The normalized spacial score (nSPS) is 46.3. The molecular formula is C23H30O3. The lowest BCUT2D eigenvalue weighted by Gasteiger charge is -2.57. The van der Waals surface area contributed by atoms with Crippen LogP contribution in [0.3, 0.4) is 0 Å². The monoisotopic (exact) mass is 354 g/mol. The van der Waals surface area contributed by atoms with Crippen molar-refractivity contribution in [3.05, 3.63) is 29.3 Å². The molecule has 0 bridgehead atoms. The van der Waals surface area contributed by atoms with Gasteiger partial charge < -0.3 is 9.84 Å². The highest BCUT2D eigenvalue weighted by molar-refractivity contribution is 5.89. The van der Waals surface area contributed by atoms with Crippen LogP contribution >= 0.6 is 0 Å². The van der Waals surface area contributed by atoms with Crippen LogP contribution in [-0.2, 0) is 11.2 Å². The molecule has 4 aliphatic rings. The molecule has 4 aliphatic carbocycles. The van der Waals surface area contributed by atoms with E-state index >= 15 is 0 Å². The van der Waals surface area contributed by atoms with Crippen LogP contribution in [0.2, 0.25) is 0 Å². The zero-order valence-electron chi connectivity index (χ0n) is 16.2. The van der Waals surface area contributed by atoms with E-state index in [9.17, 15) is 9.90 Å². The largest absolute Gasteiger partial charge is 0.497 e. The second-order valence-electron chi connectivity index (χ2n) is 9.76. The van der Waals surface area contributed by atoms with Gasteiger partial charge in [-0.05, 0) is 86.0 Å². The van der Waals surface area contributed by atoms with Gasteiger partial charge in [-0.2, -0.15) is 0 Å². The molecule has 1 spiro atoms. The van der Waals surface area contributed by atoms with Crippen LogP contribution in [0.4, 0.5) is 0 Å². The van der Waals surface area contributed by atoms with Gasteiger partial charge in [0.2, 0.25) is 0 Å². The van der Waals surface area contributed by atoms with Crippen LogP contribution in [0.25, 0.3) is 0 Å². The number of ether oxygens (including phenoxy) is 1. The topological polar surface area (TPSA) is 46.5 Å². The summed E-state index contributed by atoms with van der Waals surface area (Å²) < 4.78 is 5.43. The highest BCUT2D eigenvalue weighted by Gasteiger charge is 2.73. The third-order valence-electron chi connectivity index (χ3n) is 9.03. The summed E-state index contributed by atoms with van der Waals surface area (Å²) in [5.41, 5.74) is 1.98. The molecule has 3 heteroatoms. The molecule has 3 nitrogen and oxygen atoms in total. The minimum atomic E-state index is -0.685. The van der Waals surface area contributed by atoms with E-state index in [2.05, 4.69) is 25.1 Å². The summed E-state index contributed by atoms with van der Waals surface area (Å²) in [5.74, 6) is 2.55. The maximum atomic E-state index is 13.1. The maximum absolute atomic E-state index is 13.1. The van der Waals surface area contributed by atoms with E-state index in [4.69, 9.17) is 4.74 Å². The average Bonchev–Trinajstić information content (AvgIpc) is 3.03. The lowest BCUT2D eigenvalue weighted by atomic mass is 9.46. The van der Waals surface area contributed by atoms with Crippen molar-refractivity contribution in [3.8, 4) is 5.75 Å². The van der Waals surface area contributed by atoms with Gasteiger partial charge in [0.05, 0.1) is 12.7 Å². The molecule has 0 aromatic heterocycles. The summed E-state index contributed by atoms with van der Waals surface area (Å²) in [6, 6.07) is 6.57. The van der Waals surface area contributed by atoms with Gasteiger partial charge in [0.25, 0.3) is 0 Å². The van der Waals surface area contributed by atoms with Crippen LogP contribution in [0.5, 0.6) is 5.75 Å². The molecular weight excluding hydrogens is 324 g/mol. The number of fused-ring (bicyclic) bond motifs is 3. The van der Waals surface area contributed by atoms with Crippen molar-refractivity contribution < 1.29 is 14.6 Å². The van der Waals surface area contributed by atoms with Crippen LogP contribution in [0.15, 0.2) is 18.2 Å². The number of hydrogen-bond donors (Lipinski definition) is 1. The number of methoxy groups -OCH3 is 1. The molecule has 1 aromatic rings. The van der Waals surface area contributed by atoms with Gasteiger partial charge in [-0.3, -0.25) is 4.79 Å². The smallest absolute Gasteiger partial charge is 0.139 e. The number of benzene rings is 1. The van der Waals surface area contributed by atoms with Crippen LogP contribution < -0.4 is 4.74 Å². The SMILES string of the molecule is COc1ccc2c(c1)CC[C@@H]1[C@@H]2CC[C@]2(C)C(=O)C[C@@H]3[C@]12CC[C@]3(C)O. The van der Waals surface area contributed by atoms with Crippen molar-refractivity contribution in [1.82, 2.24) is 0 Å². The van der Waals surface area contributed by atoms with Gasteiger partial charge in [-0.15, -0.1) is 0 Å². The van der Waals surface area contributed by atoms with Gasteiger partial charge in [0.1, 0.15) is 11.5 Å². The molecule has 0 saturated heterocycles. The van der Waals surface area contributed by atoms with Crippen LogP contribution in [0, 0.1) is 22.7 Å². The number of rotatable bonds is 1. The molecule has 0 unspecified atom stereocenters. The Labute approximate surface area is 156 Å². The number of carbonyl (C=O) groups is 1. The molecule has 0 heterocycles. The Bertz CT molecular complexity index is 782. The number of hydrogen-bond acceptors (Lipinski definition) is 3. The molecule has 1 aromatic carbocycles. The molecule has 26 heavy (non-hydrogen) atoms. The Balaban J connectivity index is 1.63. The van der Waals surface area contributed by atoms with E-state index in [-0.39, 0.29) is 16.7 Å². The second kappa shape index (κ2) is 5.13. The van der Waals surface area contributed by atoms with Gasteiger partial charge in [-0.25, -0.2) is 0 Å². The Morgan fingerprint density at radius 3 is 2.73 bits per heavy atom. The summed E-state index contributed by atoms with van der Waals surface area (Å²) in [7, 11) is 1.73. The van der Waals surface area contributed by atoms with Crippen molar-refractivity contribution in [2.24, 2.45) is 22.7 Å². The molecule has 5 rings (SSSR count). The Hall–Kier alpha value is -1.35. The highest BCUT2D eigenvalue weighted by atomic mass is 16.5. The Morgan fingerprint density at radius 2 is 1.96 bits per heavy atom. The van der Waals surface area contributed by atoms with Crippen LogP contribution in [0.1, 0.15) is 69.4 Å². The molecule has 1 N–H and O–H groups in total. The number of aryl methyl sites for hydroxylation is 1. The Morgan fingerprint density at radius 1 is 1.15 bits per heavy atom. The highest BCUT2D eigenvalue weighted by Crippen LogP contribution is 2.75. The van der Waals surface area contributed by atoms with E-state index in [1.807, 2.05) is 6.92 Å². The minimum absolute atomic E-state index is 0.00584. The first-order valence-corrected chi connectivity index (χ1v) is 10.3. The first-order valence-electron chi connectivity index (χ1n) is 10.3. The summed E-state index contributed by atoms with van der Waals surface area (Å²) in [6.07, 6.45) is 6.73. The van der Waals surface area contributed by atoms with Gasteiger partial charge >= 0.3 is 0 Å². The zero-order valence-corrected chi connectivity index (χ0v) is 16.2. The van der Waals surface area contributed by atoms with Crippen molar-refractivity contribution >= 4 is 5.78 Å². The number of Topliss-reactive ketones (excluding diaryl/α,β-unsaturated/α-hetero) is 1.